The van der Waals surface area contributed by atoms with E-state index in [1.807, 2.05) is 25.1 Å². The summed E-state index contributed by atoms with van der Waals surface area (Å²) >= 11 is 6.18. The van der Waals surface area contributed by atoms with E-state index < -0.39 is 0 Å². The van der Waals surface area contributed by atoms with Gasteiger partial charge in [0.25, 0.3) is 0 Å². The molecule has 1 atom stereocenters. The normalized spacial score (nSPS) is 19.9. The van der Waals surface area contributed by atoms with Gasteiger partial charge in [0.1, 0.15) is 0 Å². The van der Waals surface area contributed by atoms with Crippen molar-refractivity contribution in [2.75, 3.05) is 11.4 Å². The van der Waals surface area contributed by atoms with Gasteiger partial charge in [0, 0.05) is 18.9 Å². The SMILES string of the molecule is C#CC1CC(=O)N(c2cccc(C)c2Cl)C1. The van der Waals surface area contributed by atoms with Crippen LogP contribution in [0.2, 0.25) is 5.02 Å². The van der Waals surface area contributed by atoms with Gasteiger partial charge in [-0.2, -0.15) is 0 Å². The predicted molar refractivity (Wildman–Crippen MR) is 65.5 cm³/mol. The molecule has 0 saturated carbocycles. The van der Waals surface area contributed by atoms with Gasteiger partial charge in [0.2, 0.25) is 5.91 Å². The molecule has 2 nitrogen and oxygen atoms in total. The number of terminal acetylenes is 1. The molecule has 0 bridgehead atoms. The van der Waals surface area contributed by atoms with Crippen molar-refractivity contribution in [3.63, 3.8) is 0 Å². The number of hydrogen-bond acceptors (Lipinski definition) is 1. The molecule has 2 rings (SSSR count). The Kier molecular flexibility index (Phi) is 2.89. The largest absolute Gasteiger partial charge is 0.310 e. The van der Waals surface area contributed by atoms with Crippen LogP contribution in [0.5, 0.6) is 0 Å². The standard InChI is InChI=1S/C13H12ClNO/c1-3-10-7-12(16)15(8-10)11-6-4-5-9(2)13(11)14/h1,4-6,10H,7-8H2,2H3. The Morgan fingerprint density at radius 2 is 2.31 bits per heavy atom. The van der Waals surface area contributed by atoms with Crippen LogP contribution < -0.4 is 4.90 Å². The zero-order chi connectivity index (χ0) is 11.7. The van der Waals surface area contributed by atoms with E-state index in [1.54, 1.807) is 4.90 Å². The molecule has 0 radical (unpaired) electrons. The van der Waals surface area contributed by atoms with Gasteiger partial charge in [0.05, 0.1) is 10.7 Å². The van der Waals surface area contributed by atoms with Crippen LogP contribution in [0.15, 0.2) is 18.2 Å². The second-order valence-electron chi connectivity index (χ2n) is 3.98. The first-order valence-electron chi connectivity index (χ1n) is 5.15. The van der Waals surface area contributed by atoms with E-state index in [0.717, 1.165) is 11.3 Å². The molecule has 0 aliphatic carbocycles. The number of anilines is 1. The van der Waals surface area contributed by atoms with E-state index in [2.05, 4.69) is 5.92 Å². The van der Waals surface area contributed by atoms with Crippen LogP contribution in [-0.4, -0.2) is 12.5 Å². The number of halogens is 1. The quantitative estimate of drug-likeness (QED) is 0.683. The Balaban J connectivity index is 2.36. The van der Waals surface area contributed by atoms with Gasteiger partial charge in [-0.15, -0.1) is 12.3 Å². The van der Waals surface area contributed by atoms with Crippen molar-refractivity contribution >= 4 is 23.2 Å². The fourth-order valence-electron chi connectivity index (χ4n) is 1.89. The summed E-state index contributed by atoms with van der Waals surface area (Å²) in [4.78, 5) is 13.5. The highest BCUT2D eigenvalue weighted by Crippen LogP contribution is 2.32. The molecule has 1 fully saturated rings. The fourth-order valence-corrected chi connectivity index (χ4v) is 2.12. The summed E-state index contributed by atoms with van der Waals surface area (Å²) in [6.07, 6.45) is 5.76. The summed E-state index contributed by atoms with van der Waals surface area (Å²) in [5.74, 6) is 2.68. The van der Waals surface area contributed by atoms with E-state index in [4.69, 9.17) is 18.0 Å². The number of aryl methyl sites for hydroxylation is 1. The Bertz CT molecular complexity index is 475. The van der Waals surface area contributed by atoms with Crippen LogP contribution in [0.3, 0.4) is 0 Å². The molecule has 1 amide bonds. The van der Waals surface area contributed by atoms with Crippen molar-refractivity contribution < 1.29 is 4.79 Å². The van der Waals surface area contributed by atoms with E-state index in [9.17, 15) is 4.79 Å². The smallest absolute Gasteiger partial charge is 0.228 e. The van der Waals surface area contributed by atoms with Crippen molar-refractivity contribution in [3.8, 4) is 12.3 Å². The van der Waals surface area contributed by atoms with Crippen LogP contribution in [0, 0.1) is 25.2 Å². The van der Waals surface area contributed by atoms with Gasteiger partial charge in [-0.3, -0.25) is 4.79 Å². The van der Waals surface area contributed by atoms with Gasteiger partial charge in [-0.25, -0.2) is 0 Å². The minimum Gasteiger partial charge on any atom is -0.310 e. The van der Waals surface area contributed by atoms with E-state index >= 15 is 0 Å². The summed E-state index contributed by atoms with van der Waals surface area (Å²) in [6.45, 7) is 2.49. The van der Waals surface area contributed by atoms with Crippen LogP contribution in [0.25, 0.3) is 0 Å². The predicted octanol–water partition coefficient (Wildman–Crippen LogP) is 2.63. The highest BCUT2D eigenvalue weighted by atomic mass is 35.5. The molecular formula is C13H12ClNO. The Morgan fingerprint density at radius 1 is 1.56 bits per heavy atom. The lowest BCUT2D eigenvalue weighted by Gasteiger charge is -2.18. The highest BCUT2D eigenvalue weighted by molar-refractivity contribution is 6.34. The number of rotatable bonds is 1. The molecule has 1 unspecified atom stereocenters. The van der Waals surface area contributed by atoms with Crippen molar-refractivity contribution in [1.29, 1.82) is 0 Å². The lowest BCUT2D eigenvalue weighted by molar-refractivity contribution is -0.117. The van der Waals surface area contributed by atoms with E-state index in [0.29, 0.717) is 18.0 Å². The van der Waals surface area contributed by atoms with Crippen molar-refractivity contribution in [2.24, 2.45) is 5.92 Å². The first kappa shape index (κ1) is 11.0. The van der Waals surface area contributed by atoms with Gasteiger partial charge < -0.3 is 4.90 Å². The fraction of sp³-hybridized carbons (Fsp3) is 0.308. The maximum atomic E-state index is 11.8. The third-order valence-electron chi connectivity index (χ3n) is 2.82. The Morgan fingerprint density at radius 3 is 2.94 bits per heavy atom. The average Bonchev–Trinajstić information content (AvgIpc) is 2.64. The monoisotopic (exact) mass is 233 g/mol. The van der Waals surface area contributed by atoms with Gasteiger partial charge >= 0.3 is 0 Å². The number of amides is 1. The molecule has 0 N–H and O–H groups in total. The molecule has 1 heterocycles. The summed E-state index contributed by atoms with van der Waals surface area (Å²) in [5.41, 5.74) is 1.74. The van der Waals surface area contributed by atoms with Crippen LogP contribution in [-0.2, 0) is 4.79 Å². The molecule has 1 saturated heterocycles. The molecule has 1 aliphatic rings. The van der Waals surface area contributed by atoms with Crippen LogP contribution >= 0.6 is 11.6 Å². The summed E-state index contributed by atoms with van der Waals surface area (Å²) in [7, 11) is 0. The van der Waals surface area contributed by atoms with Gasteiger partial charge in [-0.1, -0.05) is 23.7 Å². The number of benzene rings is 1. The van der Waals surface area contributed by atoms with Crippen molar-refractivity contribution in [1.82, 2.24) is 0 Å². The minimum absolute atomic E-state index is 0.00378. The van der Waals surface area contributed by atoms with Crippen LogP contribution in [0.1, 0.15) is 12.0 Å². The van der Waals surface area contributed by atoms with Gasteiger partial charge in [0.15, 0.2) is 0 Å². The Hall–Kier alpha value is -1.46. The highest BCUT2D eigenvalue weighted by Gasteiger charge is 2.30. The summed E-state index contributed by atoms with van der Waals surface area (Å²) < 4.78 is 0. The lowest BCUT2D eigenvalue weighted by atomic mass is 10.1. The lowest BCUT2D eigenvalue weighted by Crippen LogP contribution is -2.24. The molecule has 1 aromatic carbocycles. The van der Waals surface area contributed by atoms with Crippen molar-refractivity contribution in [2.45, 2.75) is 13.3 Å². The third kappa shape index (κ3) is 1.79. The zero-order valence-corrected chi connectivity index (χ0v) is 9.79. The van der Waals surface area contributed by atoms with E-state index in [-0.39, 0.29) is 11.8 Å². The van der Waals surface area contributed by atoms with Gasteiger partial charge in [-0.05, 0) is 18.6 Å². The summed E-state index contributed by atoms with van der Waals surface area (Å²) in [5, 5.41) is 0.633. The number of hydrogen-bond donors (Lipinski definition) is 0. The first-order chi connectivity index (χ1) is 7.63. The maximum Gasteiger partial charge on any atom is 0.228 e. The van der Waals surface area contributed by atoms with Crippen molar-refractivity contribution in [3.05, 3.63) is 28.8 Å². The summed E-state index contributed by atoms with van der Waals surface area (Å²) in [6, 6.07) is 5.67. The maximum absolute atomic E-state index is 11.8. The second kappa shape index (κ2) is 4.19. The molecule has 1 aliphatic heterocycles. The first-order valence-corrected chi connectivity index (χ1v) is 5.53. The molecule has 82 valence electrons. The molecule has 0 spiro atoms. The zero-order valence-electron chi connectivity index (χ0n) is 9.03. The second-order valence-corrected chi connectivity index (χ2v) is 4.36. The Labute approximate surface area is 100 Å². The molecule has 16 heavy (non-hydrogen) atoms. The average molecular weight is 234 g/mol. The number of carbonyl (C=O) groups is 1. The third-order valence-corrected chi connectivity index (χ3v) is 3.31. The topological polar surface area (TPSA) is 20.3 Å². The molecule has 0 aromatic heterocycles. The van der Waals surface area contributed by atoms with Crippen LogP contribution in [0.4, 0.5) is 5.69 Å². The molecule has 3 heteroatoms. The van der Waals surface area contributed by atoms with E-state index in [1.165, 1.54) is 0 Å². The number of nitrogens with zero attached hydrogens (tertiary/aromatic N) is 1. The molecular weight excluding hydrogens is 222 g/mol. The molecule has 1 aromatic rings. The number of carbonyl (C=O) groups excluding carboxylic acids is 1. The minimum atomic E-state index is 0.00378.